The van der Waals surface area contributed by atoms with Gasteiger partial charge in [0, 0.05) is 19.5 Å². The highest BCUT2D eigenvalue weighted by Gasteiger charge is 2.33. The Hall–Kier alpha value is -4.33. The lowest BCUT2D eigenvalue weighted by molar-refractivity contribution is -0.145. The maximum atomic E-state index is 14.2. The Morgan fingerprint density at radius 3 is 2.44 bits per heavy atom. The molecule has 3 rings (SSSR count). The zero-order valence-corrected chi connectivity index (χ0v) is 21.8. The Bertz CT molecular complexity index is 1310. The minimum atomic E-state index is -1.71. The number of nitrogens with zero attached hydrogens (tertiary/aromatic N) is 1. The number of nitrogens with one attached hydrogen (secondary N) is 1. The molecule has 2 N–H and O–H groups in total. The van der Waals surface area contributed by atoms with E-state index in [1.54, 1.807) is 0 Å². The minimum Gasteiger partial charge on any atom is -0.481 e. The lowest BCUT2D eigenvalue weighted by atomic mass is 10.0. The van der Waals surface area contributed by atoms with Crippen LogP contribution in [0, 0.1) is 36.1 Å². The zero-order valence-electron chi connectivity index (χ0n) is 21.8. The van der Waals surface area contributed by atoms with Crippen molar-refractivity contribution in [3.8, 4) is 5.75 Å². The number of amides is 2. The van der Waals surface area contributed by atoms with Gasteiger partial charge in [0.15, 0.2) is 23.2 Å². The van der Waals surface area contributed by atoms with E-state index in [2.05, 4.69) is 5.32 Å². The Kier molecular flexibility index (Phi) is 10.5. The molecular weight excluding hydrogens is 556 g/mol. The molecule has 1 saturated heterocycles. The van der Waals surface area contributed by atoms with Crippen LogP contribution in [0.3, 0.4) is 0 Å². The van der Waals surface area contributed by atoms with Gasteiger partial charge in [0.2, 0.25) is 17.5 Å². The first-order valence-electron chi connectivity index (χ1n) is 12.3. The molecule has 2 aromatic carbocycles. The smallest absolute Gasteiger partial charge is 0.305 e. The number of hydrogen-bond acceptors (Lipinski definition) is 7. The summed E-state index contributed by atoms with van der Waals surface area (Å²) in [5.41, 5.74) is 0.0980. The van der Waals surface area contributed by atoms with Crippen molar-refractivity contribution in [2.45, 2.75) is 25.8 Å². The van der Waals surface area contributed by atoms with Gasteiger partial charge in [-0.1, -0.05) is 12.1 Å². The van der Waals surface area contributed by atoms with Gasteiger partial charge in [-0.3, -0.25) is 24.0 Å². The van der Waals surface area contributed by atoms with Crippen molar-refractivity contribution in [1.82, 2.24) is 10.2 Å². The molecule has 0 unspecified atom stereocenters. The summed E-state index contributed by atoms with van der Waals surface area (Å²) in [7, 11) is 0. The SMILES string of the molecule is Cc1cc(F)c(F)c(OCC(=O)[C@H](CC(=O)O)NC(=O)[C@H]2COCCN(C(=O)C(=O)Cc3ccc(F)cc3)C2)c1F. The standard InChI is InChI=1S/C27H26F4N2O8/c1-14-8-18(29)24(31)25(23(14)30)41-13-21(35)19(10-22(36)37)32-26(38)16-11-33(6-7-40-12-16)27(39)20(34)9-15-2-4-17(28)5-3-15/h2-5,8,16,19H,6-7,9-13H2,1H3,(H,32,38)(H,36,37)/t16-,19+/m1/s1. The molecule has 14 heteroatoms. The number of carboxylic acids is 1. The molecule has 0 saturated carbocycles. The van der Waals surface area contributed by atoms with Crippen LogP contribution in [0.4, 0.5) is 17.6 Å². The van der Waals surface area contributed by atoms with Crippen molar-refractivity contribution in [3.05, 3.63) is 64.7 Å². The van der Waals surface area contributed by atoms with Gasteiger partial charge in [0.25, 0.3) is 5.91 Å². The van der Waals surface area contributed by atoms with Crippen LogP contribution >= 0.6 is 0 Å². The van der Waals surface area contributed by atoms with Crippen molar-refractivity contribution in [2.24, 2.45) is 5.92 Å². The van der Waals surface area contributed by atoms with Crippen LogP contribution in [-0.4, -0.2) is 78.3 Å². The van der Waals surface area contributed by atoms with Crippen molar-refractivity contribution < 1.29 is 56.1 Å². The number of halogens is 4. The first-order chi connectivity index (χ1) is 19.4. The number of aliphatic carboxylic acids is 1. The van der Waals surface area contributed by atoms with E-state index in [4.69, 9.17) is 9.47 Å². The predicted molar refractivity (Wildman–Crippen MR) is 132 cm³/mol. The number of carbonyl (C=O) groups excluding carboxylic acids is 4. The van der Waals surface area contributed by atoms with Gasteiger partial charge in [-0.05, 0) is 36.2 Å². The van der Waals surface area contributed by atoms with E-state index in [9.17, 15) is 46.6 Å². The first-order valence-corrected chi connectivity index (χ1v) is 12.3. The van der Waals surface area contributed by atoms with Gasteiger partial charge in [-0.15, -0.1) is 0 Å². The molecule has 2 amide bonds. The number of rotatable bonds is 11. The summed E-state index contributed by atoms with van der Waals surface area (Å²) in [5.74, 6) is -12.4. The van der Waals surface area contributed by atoms with Gasteiger partial charge in [0.1, 0.15) is 18.5 Å². The number of Topliss-reactive ketones (excluding diaryl/α,β-unsaturated/α-hetero) is 2. The molecule has 220 valence electrons. The number of carboxylic acid groups (broad SMARTS) is 1. The average Bonchev–Trinajstić information content (AvgIpc) is 3.18. The average molecular weight is 583 g/mol. The topological polar surface area (TPSA) is 139 Å². The number of carbonyl (C=O) groups is 5. The monoisotopic (exact) mass is 582 g/mol. The van der Waals surface area contributed by atoms with Crippen LogP contribution < -0.4 is 10.1 Å². The molecule has 0 radical (unpaired) electrons. The van der Waals surface area contributed by atoms with Gasteiger partial charge in [0.05, 0.1) is 25.6 Å². The van der Waals surface area contributed by atoms with E-state index in [0.29, 0.717) is 11.6 Å². The van der Waals surface area contributed by atoms with E-state index in [1.165, 1.54) is 12.1 Å². The van der Waals surface area contributed by atoms with E-state index in [1.807, 2.05) is 0 Å². The summed E-state index contributed by atoms with van der Waals surface area (Å²) in [5, 5.41) is 11.4. The molecule has 2 atom stereocenters. The third kappa shape index (κ3) is 8.33. The quantitative estimate of drug-likeness (QED) is 0.232. The number of benzene rings is 2. The molecule has 1 heterocycles. The molecule has 0 spiro atoms. The van der Waals surface area contributed by atoms with E-state index >= 15 is 0 Å². The Morgan fingerprint density at radius 2 is 1.78 bits per heavy atom. The molecule has 0 aliphatic carbocycles. The maximum Gasteiger partial charge on any atom is 0.305 e. The van der Waals surface area contributed by atoms with E-state index in [-0.39, 0.29) is 38.3 Å². The molecule has 0 bridgehead atoms. The summed E-state index contributed by atoms with van der Waals surface area (Å²) in [6.45, 7) is -0.547. The Labute approximate surface area is 231 Å². The lowest BCUT2D eigenvalue weighted by Gasteiger charge is -2.24. The van der Waals surface area contributed by atoms with Crippen LogP contribution in [0.1, 0.15) is 17.5 Å². The molecule has 41 heavy (non-hydrogen) atoms. The zero-order chi connectivity index (χ0) is 30.3. The normalized spacial score (nSPS) is 15.9. The highest BCUT2D eigenvalue weighted by molar-refractivity contribution is 6.36. The Balaban J connectivity index is 1.66. The van der Waals surface area contributed by atoms with E-state index < -0.39 is 83.4 Å². The van der Waals surface area contributed by atoms with Crippen LogP contribution in [0.2, 0.25) is 0 Å². The summed E-state index contributed by atoms with van der Waals surface area (Å²) >= 11 is 0. The summed E-state index contributed by atoms with van der Waals surface area (Å²) in [6.07, 6.45) is -1.23. The third-order valence-corrected chi connectivity index (χ3v) is 6.18. The molecule has 1 aliphatic heterocycles. The molecule has 0 aromatic heterocycles. The second-order valence-electron chi connectivity index (χ2n) is 9.30. The largest absolute Gasteiger partial charge is 0.481 e. The van der Waals surface area contributed by atoms with Crippen molar-refractivity contribution in [1.29, 1.82) is 0 Å². The lowest BCUT2D eigenvalue weighted by Crippen LogP contribution is -2.50. The van der Waals surface area contributed by atoms with Crippen LogP contribution in [-0.2, 0) is 35.1 Å². The molecule has 10 nitrogen and oxygen atoms in total. The fourth-order valence-electron chi connectivity index (χ4n) is 3.97. The van der Waals surface area contributed by atoms with Crippen LogP contribution in [0.15, 0.2) is 30.3 Å². The van der Waals surface area contributed by atoms with Gasteiger partial charge in [-0.25, -0.2) is 13.2 Å². The highest BCUT2D eigenvalue weighted by atomic mass is 19.2. The van der Waals surface area contributed by atoms with E-state index in [0.717, 1.165) is 24.0 Å². The van der Waals surface area contributed by atoms with Gasteiger partial charge < -0.3 is 24.8 Å². The van der Waals surface area contributed by atoms with Gasteiger partial charge >= 0.3 is 5.97 Å². The summed E-state index contributed by atoms with van der Waals surface area (Å²) < 4.78 is 65.1. The van der Waals surface area contributed by atoms with Crippen molar-refractivity contribution >= 4 is 29.4 Å². The molecular formula is C27H26F4N2O8. The van der Waals surface area contributed by atoms with Crippen LogP contribution in [0.5, 0.6) is 5.75 Å². The van der Waals surface area contributed by atoms with Crippen molar-refractivity contribution in [3.63, 3.8) is 0 Å². The molecule has 1 aliphatic rings. The maximum absolute atomic E-state index is 14.2. The van der Waals surface area contributed by atoms with Crippen molar-refractivity contribution in [2.75, 3.05) is 32.9 Å². The second kappa shape index (κ2) is 13.8. The second-order valence-corrected chi connectivity index (χ2v) is 9.30. The van der Waals surface area contributed by atoms with Crippen LogP contribution in [0.25, 0.3) is 0 Å². The minimum absolute atomic E-state index is 0.0190. The predicted octanol–water partition coefficient (Wildman–Crippen LogP) is 1.75. The molecule has 1 fully saturated rings. The third-order valence-electron chi connectivity index (χ3n) is 6.18. The Morgan fingerprint density at radius 1 is 1.10 bits per heavy atom. The summed E-state index contributed by atoms with van der Waals surface area (Å²) in [6, 6.07) is 3.85. The molecule has 2 aromatic rings. The summed E-state index contributed by atoms with van der Waals surface area (Å²) in [4.78, 5) is 63.4. The fourth-order valence-corrected chi connectivity index (χ4v) is 3.97. The fraction of sp³-hybridized carbons (Fsp3) is 0.370. The first kappa shape index (κ1) is 31.2. The van der Waals surface area contributed by atoms with Gasteiger partial charge in [-0.2, -0.15) is 4.39 Å². The number of hydrogen-bond donors (Lipinski definition) is 2. The highest BCUT2D eigenvalue weighted by Crippen LogP contribution is 2.27. The number of ether oxygens (including phenoxy) is 2. The number of ketones is 2. The number of aryl methyl sites for hydroxylation is 1.